The Labute approximate surface area is 190 Å². The number of carbonyl (C=O) groups excluding carboxylic acids is 1. The molecular formula is C26H24F3N3O. The third kappa shape index (κ3) is 4.92. The van der Waals surface area contributed by atoms with Gasteiger partial charge < -0.3 is 9.47 Å². The van der Waals surface area contributed by atoms with Crippen molar-refractivity contribution in [2.75, 3.05) is 6.54 Å². The van der Waals surface area contributed by atoms with Crippen LogP contribution in [0.5, 0.6) is 0 Å². The molecule has 1 heterocycles. The van der Waals surface area contributed by atoms with Gasteiger partial charge in [0, 0.05) is 18.2 Å². The third-order valence-corrected chi connectivity index (χ3v) is 5.39. The van der Waals surface area contributed by atoms with Crippen LogP contribution in [-0.4, -0.2) is 26.9 Å². The Balaban J connectivity index is 1.74. The molecule has 7 heteroatoms. The molecule has 1 aromatic heterocycles. The van der Waals surface area contributed by atoms with E-state index in [4.69, 9.17) is 4.98 Å². The highest BCUT2D eigenvalue weighted by Gasteiger charge is 2.24. The maximum absolute atomic E-state index is 14.4. The highest BCUT2D eigenvalue weighted by atomic mass is 19.1. The lowest BCUT2D eigenvalue weighted by molar-refractivity contribution is 0.0711. The fraction of sp³-hybridized carbons (Fsp3) is 0.231. The van der Waals surface area contributed by atoms with Gasteiger partial charge >= 0.3 is 0 Å². The SMILES string of the molecule is CC(C)CN(Cc1nc2ccccc2n1Cc1ccccc1F)C(=O)c1ccc(F)cc1F. The predicted molar refractivity (Wildman–Crippen MR) is 121 cm³/mol. The summed E-state index contributed by atoms with van der Waals surface area (Å²) in [5.74, 6) is -1.88. The van der Waals surface area contributed by atoms with Gasteiger partial charge in [0.05, 0.1) is 29.7 Å². The maximum Gasteiger partial charge on any atom is 0.257 e. The molecule has 4 nitrogen and oxygen atoms in total. The number of fused-ring (bicyclic) bond motifs is 1. The van der Waals surface area contributed by atoms with Crippen LogP contribution in [0.25, 0.3) is 11.0 Å². The first-order valence-electron chi connectivity index (χ1n) is 10.8. The maximum atomic E-state index is 14.4. The first-order chi connectivity index (χ1) is 15.8. The van der Waals surface area contributed by atoms with Crippen LogP contribution in [0.1, 0.15) is 35.6 Å². The Morgan fingerprint density at radius 3 is 2.42 bits per heavy atom. The predicted octanol–water partition coefficient (Wildman–Crippen LogP) is 5.80. The number of nitrogens with zero attached hydrogens (tertiary/aromatic N) is 3. The van der Waals surface area contributed by atoms with E-state index in [-0.39, 0.29) is 30.4 Å². The van der Waals surface area contributed by atoms with Crippen molar-refractivity contribution in [1.82, 2.24) is 14.5 Å². The van der Waals surface area contributed by atoms with Gasteiger partial charge in [-0.15, -0.1) is 0 Å². The normalized spacial score (nSPS) is 11.3. The first-order valence-corrected chi connectivity index (χ1v) is 10.8. The molecule has 0 spiro atoms. The molecule has 0 saturated heterocycles. The Hall–Kier alpha value is -3.61. The molecule has 170 valence electrons. The minimum Gasteiger partial charge on any atom is -0.331 e. The van der Waals surface area contributed by atoms with Crippen molar-refractivity contribution < 1.29 is 18.0 Å². The Morgan fingerprint density at radius 2 is 1.70 bits per heavy atom. The summed E-state index contributed by atoms with van der Waals surface area (Å²) in [5, 5.41) is 0. The van der Waals surface area contributed by atoms with Crippen LogP contribution in [0, 0.1) is 23.4 Å². The van der Waals surface area contributed by atoms with Gasteiger partial charge in [-0.2, -0.15) is 0 Å². The molecular weight excluding hydrogens is 427 g/mol. The summed E-state index contributed by atoms with van der Waals surface area (Å²) in [6.45, 7) is 4.57. The standard InChI is InChI=1S/C26H24F3N3O/c1-17(2)14-31(26(33)20-12-11-19(27)13-22(20)29)16-25-30-23-9-5-6-10-24(23)32(25)15-18-7-3-4-8-21(18)28/h3-13,17H,14-16H2,1-2H3. The Morgan fingerprint density at radius 1 is 0.970 bits per heavy atom. The molecule has 4 rings (SSSR count). The molecule has 33 heavy (non-hydrogen) atoms. The van der Waals surface area contributed by atoms with Crippen LogP contribution in [0.2, 0.25) is 0 Å². The molecule has 0 aliphatic heterocycles. The van der Waals surface area contributed by atoms with Crippen LogP contribution in [0.4, 0.5) is 13.2 Å². The fourth-order valence-corrected chi connectivity index (χ4v) is 3.88. The van der Waals surface area contributed by atoms with Gasteiger partial charge in [-0.05, 0) is 36.2 Å². The minimum absolute atomic E-state index is 0.0942. The third-order valence-electron chi connectivity index (χ3n) is 5.39. The van der Waals surface area contributed by atoms with Crippen molar-refractivity contribution >= 4 is 16.9 Å². The number of imidazole rings is 1. The summed E-state index contributed by atoms with van der Waals surface area (Å²) in [5.41, 5.74) is 1.82. The van der Waals surface area contributed by atoms with Crippen molar-refractivity contribution in [1.29, 1.82) is 0 Å². The van der Waals surface area contributed by atoms with Crippen LogP contribution < -0.4 is 0 Å². The molecule has 4 aromatic rings. The van der Waals surface area contributed by atoms with E-state index in [1.807, 2.05) is 42.7 Å². The van der Waals surface area contributed by atoms with E-state index < -0.39 is 17.5 Å². The number of amides is 1. The molecule has 0 aliphatic carbocycles. The Kier molecular flexibility index (Phi) is 6.49. The number of para-hydroxylation sites is 2. The van der Waals surface area contributed by atoms with Gasteiger partial charge in [0.1, 0.15) is 23.3 Å². The van der Waals surface area contributed by atoms with Gasteiger partial charge in [0.25, 0.3) is 5.91 Å². The van der Waals surface area contributed by atoms with Gasteiger partial charge in [-0.3, -0.25) is 4.79 Å². The zero-order chi connectivity index (χ0) is 23.5. The van der Waals surface area contributed by atoms with Gasteiger partial charge in [0.2, 0.25) is 0 Å². The van der Waals surface area contributed by atoms with Crippen LogP contribution in [0.3, 0.4) is 0 Å². The molecule has 0 bridgehead atoms. The lowest BCUT2D eigenvalue weighted by atomic mass is 10.1. The highest BCUT2D eigenvalue weighted by Crippen LogP contribution is 2.22. The van der Waals surface area contributed by atoms with Gasteiger partial charge in [0.15, 0.2) is 0 Å². The average molecular weight is 451 g/mol. The molecule has 0 N–H and O–H groups in total. The largest absolute Gasteiger partial charge is 0.331 e. The smallest absolute Gasteiger partial charge is 0.257 e. The van der Waals surface area contributed by atoms with Crippen molar-refractivity contribution in [2.45, 2.75) is 26.9 Å². The lowest BCUT2D eigenvalue weighted by Crippen LogP contribution is -2.35. The first kappa shape index (κ1) is 22.6. The molecule has 3 aromatic carbocycles. The lowest BCUT2D eigenvalue weighted by Gasteiger charge is -2.25. The zero-order valence-corrected chi connectivity index (χ0v) is 18.4. The summed E-state index contributed by atoms with van der Waals surface area (Å²) in [6, 6.07) is 16.9. The van der Waals surface area contributed by atoms with E-state index in [1.54, 1.807) is 18.2 Å². The number of benzene rings is 3. The zero-order valence-electron chi connectivity index (χ0n) is 18.4. The summed E-state index contributed by atoms with van der Waals surface area (Å²) in [4.78, 5) is 19.4. The summed E-state index contributed by atoms with van der Waals surface area (Å²) in [6.07, 6.45) is 0. The second-order valence-electron chi connectivity index (χ2n) is 8.40. The quantitative estimate of drug-likeness (QED) is 0.356. The number of carbonyl (C=O) groups is 1. The summed E-state index contributed by atoms with van der Waals surface area (Å²) >= 11 is 0. The van der Waals surface area contributed by atoms with Gasteiger partial charge in [-0.1, -0.05) is 44.2 Å². The summed E-state index contributed by atoms with van der Waals surface area (Å²) in [7, 11) is 0. The van der Waals surface area contributed by atoms with Gasteiger partial charge in [-0.25, -0.2) is 18.2 Å². The topological polar surface area (TPSA) is 38.1 Å². The minimum atomic E-state index is -0.909. The van der Waals surface area contributed by atoms with E-state index >= 15 is 0 Å². The summed E-state index contributed by atoms with van der Waals surface area (Å²) < 4.78 is 44.0. The van der Waals surface area contributed by atoms with Crippen molar-refractivity contribution in [3.8, 4) is 0 Å². The molecule has 0 saturated carbocycles. The molecule has 0 aliphatic rings. The van der Waals surface area contributed by atoms with E-state index in [2.05, 4.69) is 0 Å². The van der Waals surface area contributed by atoms with Crippen LogP contribution in [-0.2, 0) is 13.1 Å². The Bertz CT molecular complexity index is 1300. The van der Waals surface area contributed by atoms with Crippen molar-refractivity contribution in [3.05, 3.63) is 101 Å². The number of halogens is 3. The molecule has 0 unspecified atom stereocenters. The molecule has 0 radical (unpaired) electrons. The van der Waals surface area contributed by atoms with Crippen molar-refractivity contribution in [2.24, 2.45) is 5.92 Å². The van der Waals surface area contributed by atoms with Crippen molar-refractivity contribution in [3.63, 3.8) is 0 Å². The number of hydrogen-bond acceptors (Lipinski definition) is 2. The molecule has 1 amide bonds. The van der Waals surface area contributed by atoms with E-state index in [0.717, 1.165) is 17.6 Å². The van der Waals surface area contributed by atoms with E-state index in [9.17, 15) is 18.0 Å². The van der Waals surface area contributed by atoms with E-state index in [1.165, 1.54) is 11.0 Å². The number of hydrogen-bond donors (Lipinski definition) is 0. The number of aromatic nitrogens is 2. The second-order valence-corrected chi connectivity index (χ2v) is 8.40. The highest BCUT2D eigenvalue weighted by molar-refractivity contribution is 5.94. The molecule has 0 fully saturated rings. The van der Waals surface area contributed by atoms with Crippen LogP contribution in [0.15, 0.2) is 66.7 Å². The van der Waals surface area contributed by atoms with E-state index in [0.29, 0.717) is 29.5 Å². The average Bonchev–Trinajstić information content (AvgIpc) is 3.11. The number of rotatable bonds is 7. The molecule has 0 atom stereocenters. The fourth-order valence-electron chi connectivity index (χ4n) is 3.88. The second kappa shape index (κ2) is 9.48. The monoisotopic (exact) mass is 451 g/mol. The van der Waals surface area contributed by atoms with Crippen LogP contribution >= 0.6 is 0 Å².